The number of nitrogens with zero attached hydrogens (tertiary/aromatic N) is 2. The largest absolute Gasteiger partial charge is 0.396 e. The van der Waals surface area contributed by atoms with Crippen molar-refractivity contribution in [2.75, 3.05) is 10.6 Å². The van der Waals surface area contributed by atoms with Crippen molar-refractivity contribution < 1.29 is 9.59 Å². The number of hydrogen-bond donors (Lipinski definition) is 2. The summed E-state index contributed by atoms with van der Waals surface area (Å²) in [5, 5.41) is 0. The Balaban J connectivity index is 1.98. The van der Waals surface area contributed by atoms with E-state index < -0.39 is 5.91 Å². The summed E-state index contributed by atoms with van der Waals surface area (Å²) in [6.45, 7) is 2.25. The lowest BCUT2D eigenvalue weighted by Crippen LogP contribution is -2.31. The Morgan fingerprint density at radius 3 is 2.28 bits per heavy atom. The molecule has 3 rings (SSSR count). The molecule has 0 spiro atoms. The fourth-order valence-electron chi connectivity index (χ4n) is 3.03. The molecule has 148 valence electrons. The van der Waals surface area contributed by atoms with E-state index >= 15 is 0 Å². The third-order valence-electron chi connectivity index (χ3n) is 4.57. The van der Waals surface area contributed by atoms with E-state index in [9.17, 15) is 9.59 Å². The molecular formula is C23H24N4O2. The molecule has 29 heavy (non-hydrogen) atoms. The molecule has 2 amide bonds. The van der Waals surface area contributed by atoms with Crippen LogP contribution in [0.3, 0.4) is 0 Å². The van der Waals surface area contributed by atoms with Crippen molar-refractivity contribution in [1.82, 2.24) is 4.98 Å². The topological polar surface area (TPSA) is 102 Å². The third kappa shape index (κ3) is 4.79. The van der Waals surface area contributed by atoms with Crippen LogP contribution in [0.2, 0.25) is 0 Å². The van der Waals surface area contributed by atoms with Gasteiger partial charge in [0.1, 0.15) is 0 Å². The minimum atomic E-state index is -0.489. The molecule has 4 N–H and O–H groups in total. The van der Waals surface area contributed by atoms with Gasteiger partial charge in [-0.25, -0.2) is 4.98 Å². The van der Waals surface area contributed by atoms with Crippen LogP contribution in [0.5, 0.6) is 0 Å². The van der Waals surface area contributed by atoms with Crippen LogP contribution < -0.4 is 16.4 Å². The van der Waals surface area contributed by atoms with Gasteiger partial charge in [-0.1, -0.05) is 49.4 Å². The van der Waals surface area contributed by atoms with Crippen molar-refractivity contribution in [2.45, 2.75) is 26.3 Å². The Morgan fingerprint density at radius 2 is 1.66 bits per heavy atom. The lowest BCUT2D eigenvalue weighted by atomic mass is 10.1. The molecule has 6 nitrogen and oxygen atoms in total. The van der Waals surface area contributed by atoms with Crippen LogP contribution in [0.4, 0.5) is 11.5 Å². The number of rotatable bonds is 7. The van der Waals surface area contributed by atoms with E-state index in [2.05, 4.69) is 0 Å². The van der Waals surface area contributed by atoms with Gasteiger partial charge in [-0.05, 0) is 36.2 Å². The normalized spacial score (nSPS) is 10.5. The molecule has 0 atom stereocenters. The van der Waals surface area contributed by atoms with E-state index in [4.69, 9.17) is 16.5 Å². The number of primary amides is 1. The highest BCUT2D eigenvalue weighted by Crippen LogP contribution is 2.28. The fraction of sp³-hybridized carbons (Fsp3) is 0.174. The van der Waals surface area contributed by atoms with Crippen molar-refractivity contribution in [3.05, 3.63) is 77.9 Å². The van der Waals surface area contributed by atoms with Gasteiger partial charge in [0.25, 0.3) is 0 Å². The molecule has 1 aromatic heterocycles. The van der Waals surface area contributed by atoms with E-state index in [1.807, 2.05) is 43.3 Å². The molecule has 0 aliphatic rings. The summed E-state index contributed by atoms with van der Waals surface area (Å²) in [4.78, 5) is 30.5. The van der Waals surface area contributed by atoms with E-state index in [1.165, 1.54) is 0 Å². The summed E-state index contributed by atoms with van der Waals surface area (Å²) in [5.74, 6) is -0.114. The van der Waals surface area contributed by atoms with Crippen LogP contribution in [-0.4, -0.2) is 16.8 Å². The molecule has 0 aliphatic heterocycles. The monoisotopic (exact) mass is 388 g/mol. The Hall–Kier alpha value is -3.67. The zero-order chi connectivity index (χ0) is 20.8. The lowest BCUT2D eigenvalue weighted by molar-refractivity contribution is -0.118. The Bertz CT molecular complexity index is 1000. The van der Waals surface area contributed by atoms with Crippen molar-refractivity contribution in [1.29, 1.82) is 0 Å². The maximum Gasteiger partial charge on any atom is 0.248 e. The summed E-state index contributed by atoms with van der Waals surface area (Å²) in [6, 6.07) is 20.2. The van der Waals surface area contributed by atoms with Crippen molar-refractivity contribution in [2.24, 2.45) is 5.73 Å². The van der Waals surface area contributed by atoms with Gasteiger partial charge in [-0.15, -0.1) is 0 Å². The van der Waals surface area contributed by atoms with Gasteiger partial charge in [-0.2, -0.15) is 0 Å². The minimum Gasteiger partial charge on any atom is -0.396 e. The molecule has 0 aliphatic carbocycles. The van der Waals surface area contributed by atoms with Crippen molar-refractivity contribution >= 4 is 23.3 Å². The second-order valence-corrected chi connectivity index (χ2v) is 6.77. The molecule has 0 unspecified atom stereocenters. The highest BCUT2D eigenvalue weighted by Gasteiger charge is 2.20. The first-order valence-electron chi connectivity index (χ1n) is 9.50. The molecular weight excluding hydrogens is 364 g/mol. The number of aromatic nitrogens is 1. The van der Waals surface area contributed by atoms with E-state index in [0.29, 0.717) is 36.5 Å². The molecule has 0 bridgehead atoms. The van der Waals surface area contributed by atoms with Crippen molar-refractivity contribution in [3.63, 3.8) is 0 Å². The standard InChI is InChI=1S/C23H24N4O2/c1-2-6-21(28)27(15-16-9-11-18(12-10-16)22(25)29)23-19(24)13-14-20(26-23)17-7-4-3-5-8-17/h3-5,7-14H,2,6,15,24H2,1H3,(H2,25,29). The minimum absolute atomic E-state index is 0.0594. The molecule has 1 heterocycles. The SMILES string of the molecule is CCCC(=O)N(Cc1ccc(C(N)=O)cc1)c1nc(-c2ccccc2)ccc1N. The average Bonchev–Trinajstić information content (AvgIpc) is 2.74. The van der Waals surface area contributed by atoms with Gasteiger partial charge in [-0.3, -0.25) is 14.5 Å². The number of pyridine rings is 1. The third-order valence-corrected chi connectivity index (χ3v) is 4.57. The zero-order valence-corrected chi connectivity index (χ0v) is 16.3. The number of nitrogens with two attached hydrogens (primary N) is 2. The molecule has 3 aromatic rings. The maximum absolute atomic E-state index is 12.9. The number of anilines is 2. The molecule has 0 saturated heterocycles. The van der Waals surface area contributed by atoms with E-state index in [0.717, 1.165) is 16.8 Å². The Kier molecular flexibility index (Phi) is 6.24. The Labute approximate surface area is 170 Å². The van der Waals surface area contributed by atoms with Crippen LogP contribution in [0, 0.1) is 0 Å². The van der Waals surface area contributed by atoms with Gasteiger partial charge >= 0.3 is 0 Å². The fourth-order valence-corrected chi connectivity index (χ4v) is 3.03. The number of nitrogen functional groups attached to an aromatic ring is 1. The summed E-state index contributed by atoms with van der Waals surface area (Å²) in [6.07, 6.45) is 1.10. The first-order chi connectivity index (χ1) is 14.0. The predicted octanol–water partition coefficient (Wildman–Crippen LogP) is 3.76. The molecule has 0 saturated carbocycles. The summed E-state index contributed by atoms with van der Waals surface area (Å²) in [7, 11) is 0. The van der Waals surface area contributed by atoms with Gasteiger partial charge < -0.3 is 11.5 Å². The van der Waals surface area contributed by atoms with Gasteiger partial charge in [0.2, 0.25) is 11.8 Å². The first kappa shape index (κ1) is 20.1. The number of amides is 2. The predicted molar refractivity (Wildman–Crippen MR) is 115 cm³/mol. The van der Waals surface area contributed by atoms with Crippen LogP contribution in [0.1, 0.15) is 35.7 Å². The van der Waals surface area contributed by atoms with Gasteiger partial charge in [0, 0.05) is 17.5 Å². The second kappa shape index (κ2) is 9.01. The maximum atomic E-state index is 12.9. The van der Waals surface area contributed by atoms with Crippen LogP contribution >= 0.6 is 0 Å². The lowest BCUT2D eigenvalue weighted by Gasteiger charge is -2.24. The highest BCUT2D eigenvalue weighted by atomic mass is 16.2. The van der Waals surface area contributed by atoms with Crippen LogP contribution in [0.15, 0.2) is 66.7 Å². The quantitative estimate of drug-likeness (QED) is 0.643. The molecule has 0 radical (unpaired) electrons. The van der Waals surface area contributed by atoms with E-state index in [1.54, 1.807) is 35.2 Å². The molecule has 6 heteroatoms. The summed E-state index contributed by atoms with van der Waals surface area (Å²) in [5.41, 5.74) is 14.9. The zero-order valence-electron chi connectivity index (χ0n) is 16.3. The second-order valence-electron chi connectivity index (χ2n) is 6.77. The van der Waals surface area contributed by atoms with Crippen LogP contribution in [0.25, 0.3) is 11.3 Å². The molecule has 2 aromatic carbocycles. The van der Waals surface area contributed by atoms with Gasteiger partial charge in [0.15, 0.2) is 5.82 Å². The first-order valence-corrected chi connectivity index (χ1v) is 9.50. The number of carbonyl (C=O) groups is 2. The van der Waals surface area contributed by atoms with Crippen molar-refractivity contribution in [3.8, 4) is 11.3 Å². The van der Waals surface area contributed by atoms with Gasteiger partial charge in [0.05, 0.1) is 17.9 Å². The van der Waals surface area contributed by atoms with E-state index in [-0.39, 0.29) is 5.91 Å². The molecule has 0 fully saturated rings. The smallest absolute Gasteiger partial charge is 0.248 e. The number of hydrogen-bond acceptors (Lipinski definition) is 4. The highest BCUT2D eigenvalue weighted by molar-refractivity contribution is 5.95. The number of benzene rings is 2. The summed E-state index contributed by atoms with van der Waals surface area (Å²) >= 11 is 0. The Morgan fingerprint density at radius 1 is 0.966 bits per heavy atom. The van der Waals surface area contributed by atoms with Crippen LogP contribution in [-0.2, 0) is 11.3 Å². The summed E-state index contributed by atoms with van der Waals surface area (Å²) < 4.78 is 0. The average molecular weight is 388 g/mol. The number of carbonyl (C=O) groups excluding carboxylic acids is 2.